The van der Waals surface area contributed by atoms with Crippen molar-refractivity contribution >= 4 is 23.2 Å². The van der Waals surface area contributed by atoms with E-state index < -0.39 is 11.6 Å². The highest BCUT2D eigenvalue weighted by atomic mass is 35.5. The number of rotatable bonds is 6. The lowest BCUT2D eigenvalue weighted by Crippen LogP contribution is -2.48. The van der Waals surface area contributed by atoms with Gasteiger partial charge in [-0.05, 0) is 36.2 Å². The van der Waals surface area contributed by atoms with E-state index in [0.29, 0.717) is 23.0 Å². The largest absolute Gasteiger partial charge is 0.378 e. The van der Waals surface area contributed by atoms with Crippen LogP contribution in [0.15, 0.2) is 48.5 Å². The van der Waals surface area contributed by atoms with Crippen LogP contribution in [0.1, 0.15) is 25.0 Å². The maximum Gasteiger partial charge on any atom is 0.114 e. The molecule has 0 aliphatic carbocycles. The molecule has 22 heavy (non-hydrogen) atoms. The van der Waals surface area contributed by atoms with E-state index in [4.69, 9.17) is 23.2 Å². The molecule has 118 valence electrons. The van der Waals surface area contributed by atoms with Gasteiger partial charge in [0.25, 0.3) is 0 Å². The molecule has 0 amide bonds. The van der Waals surface area contributed by atoms with Crippen molar-refractivity contribution in [2.75, 3.05) is 6.54 Å². The highest BCUT2D eigenvalue weighted by Crippen LogP contribution is 2.33. The van der Waals surface area contributed by atoms with Crippen molar-refractivity contribution in [3.63, 3.8) is 0 Å². The Morgan fingerprint density at radius 2 is 1.77 bits per heavy atom. The number of nitrogens with one attached hydrogen (secondary N) is 1. The third-order valence-corrected chi connectivity index (χ3v) is 4.73. The number of hydrogen-bond acceptors (Lipinski definition) is 2. The average Bonchev–Trinajstić information content (AvgIpc) is 2.52. The SMILES string of the molecule is CCNC(O)C(C)(Cc1ccc(Cl)c(Cl)c1)c1ccccc1. The van der Waals surface area contributed by atoms with Crippen molar-refractivity contribution in [2.45, 2.75) is 31.9 Å². The van der Waals surface area contributed by atoms with Gasteiger partial charge in [-0.3, -0.25) is 5.32 Å². The van der Waals surface area contributed by atoms with E-state index >= 15 is 0 Å². The minimum atomic E-state index is -0.658. The zero-order valence-electron chi connectivity index (χ0n) is 12.8. The molecule has 2 aromatic rings. The van der Waals surface area contributed by atoms with Gasteiger partial charge in [0.2, 0.25) is 0 Å². The van der Waals surface area contributed by atoms with Crippen LogP contribution in [0.5, 0.6) is 0 Å². The smallest absolute Gasteiger partial charge is 0.114 e. The summed E-state index contributed by atoms with van der Waals surface area (Å²) in [6, 6.07) is 15.6. The molecule has 0 bridgehead atoms. The van der Waals surface area contributed by atoms with Gasteiger partial charge in [0.05, 0.1) is 10.0 Å². The Labute approximate surface area is 142 Å². The van der Waals surface area contributed by atoms with Crippen LogP contribution >= 0.6 is 23.2 Å². The van der Waals surface area contributed by atoms with E-state index in [1.807, 2.05) is 49.4 Å². The minimum Gasteiger partial charge on any atom is -0.378 e. The zero-order chi connectivity index (χ0) is 16.2. The summed E-state index contributed by atoms with van der Waals surface area (Å²) in [5, 5.41) is 14.8. The van der Waals surface area contributed by atoms with E-state index in [-0.39, 0.29) is 0 Å². The molecule has 2 unspecified atom stereocenters. The van der Waals surface area contributed by atoms with Crippen molar-refractivity contribution in [3.8, 4) is 0 Å². The highest BCUT2D eigenvalue weighted by molar-refractivity contribution is 6.42. The van der Waals surface area contributed by atoms with Crippen LogP contribution in [-0.4, -0.2) is 17.9 Å². The summed E-state index contributed by atoms with van der Waals surface area (Å²) in [5.41, 5.74) is 1.65. The topological polar surface area (TPSA) is 32.3 Å². The number of hydrogen-bond donors (Lipinski definition) is 2. The molecule has 0 saturated carbocycles. The molecule has 0 aliphatic rings. The Morgan fingerprint density at radius 1 is 1.09 bits per heavy atom. The normalized spacial score (nSPS) is 15.3. The number of benzene rings is 2. The van der Waals surface area contributed by atoms with Crippen LogP contribution in [0.4, 0.5) is 0 Å². The van der Waals surface area contributed by atoms with E-state index in [0.717, 1.165) is 11.1 Å². The van der Waals surface area contributed by atoms with Gasteiger partial charge in [-0.1, -0.05) is 73.4 Å². The highest BCUT2D eigenvalue weighted by Gasteiger charge is 2.34. The average molecular weight is 338 g/mol. The molecule has 0 fully saturated rings. The predicted octanol–water partition coefficient (Wildman–Crippen LogP) is 4.42. The van der Waals surface area contributed by atoms with Crippen LogP contribution in [0.25, 0.3) is 0 Å². The van der Waals surface area contributed by atoms with Gasteiger partial charge in [-0.15, -0.1) is 0 Å². The fourth-order valence-corrected chi connectivity index (χ4v) is 2.99. The lowest BCUT2D eigenvalue weighted by atomic mass is 9.75. The van der Waals surface area contributed by atoms with Crippen LogP contribution in [0.3, 0.4) is 0 Å². The number of halogens is 2. The van der Waals surface area contributed by atoms with Gasteiger partial charge in [0.1, 0.15) is 6.23 Å². The Morgan fingerprint density at radius 3 is 2.36 bits per heavy atom. The second kappa shape index (κ2) is 7.47. The summed E-state index contributed by atoms with van der Waals surface area (Å²) in [7, 11) is 0. The summed E-state index contributed by atoms with van der Waals surface area (Å²) < 4.78 is 0. The molecule has 2 atom stereocenters. The molecule has 2 N–H and O–H groups in total. The fourth-order valence-electron chi connectivity index (χ4n) is 2.67. The van der Waals surface area contributed by atoms with Crippen LogP contribution in [0.2, 0.25) is 10.0 Å². The van der Waals surface area contributed by atoms with Gasteiger partial charge < -0.3 is 5.11 Å². The van der Waals surface area contributed by atoms with Crippen LogP contribution in [0, 0.1) is 0 Å². The van der Waals surface area contributed by atoms with E-state index in [1.165, 1.54) is 0 Å². The molecule has 0 heterocycles. The Hall–Kier alpha value is -1.06. The predicted molar refractivity (Wildman–Crippen MR) is 93.6 cm³/mol. The summed E-state index contributed by atoms with van der Waals surface area (Å²) in [4.78, 5) is 0. The molecule has 0 aromatic heterocycles. The third kappa shape index (κ3) is 3.82. The molecule has 2 rings (SSSR count). The number of aliphatic hydroxyl groups excluding tert-OH is 1. The van der Waals surface area contributed by atoms with Crippen molar-refractivity contribution in [1.82, 2.24) is 5.32 Å². The molecule has 2 nitrogen and oxygen atoms in total. The van der Waals surface area contributed by atoms with Crippen molar-refractivity contribution < 1.29 is 5.11 Å². The molecule has 0 aliphatic heterocycles. The zero-order valence-corrected chi connectivity index (χ0v) is 14.3. The van der Waals surface area contributed by atoms with Gasteiger partial charge in [0.15, 0.2) is 0 Å². The van der Waals surface area contributed by atoms with Gasteiger partial charge >= 0.3 is 0 Å². The van der Waals surface area contributed by atoms with E-state index in [2.05, 4.69) is 12.2 Å². The lowest BCUT2D eigenvalue weighted by molar-refractivity contribution is 0.0595. The Bertz CT molecular complexity index is 618. The van der Waals surface area contributed by atoms with Crippen LogP contribution in [-0.2, 0) is 11.8 Å². The maximum absolute atomic E-state index is 10.6. The lowest BCUT2D eigenvalue weighted by Gasteiger charge is -2.36. The summed E-state index contributed by atoms with van der Waals surface area (Å²) >= 11 is 12.1. The molecule has 2 aromatic carbocycles. The standard InChI is InChI=1S/C18H21Cl2NO/c1-3-21-17(22)18(2,14-7-5-4-6-8-14)12-13-9-10-15(19)16(20)11-13/h4-11,17,21-22H,3,12H2,1-2H3. The van der Waals surface area contributed by atoms with Crippen LogP contribution < -0.4 is 5.32 Å². The first-order chi connectivity index (χ1) is 10.5. The van der Waals surface area contributed by atoms with E-state index in [9.17, 15) is 5.11 Å². The molecular formula is C18H21Cl2NO. The second-order valence-electron chi connectivity index (χ2n) is 5.67. The Balaban J connectivity index is 2.38. The summed E-state index contributed by atoms with van der Waals surface area (Å²) in [6.07, 6.45) is -0.00318. The van der Waals surface area contributed by atoms with Crippen molar-refractivity contribution in [2.24, 2.45) is 0 Å². The molecule has 0 saturated heterocycles. The van der Waals surface area contributed by atoms with Crippen molar-refractivity contribution in [1.29, 1.82) is 0 Å². The quantitative estimate of drug-likeness (QED) is 0.764. The monoisotopic (exact) mass is 337 g/mol. The van der Waals surface area contributed by atoms with Gasteiger partial charge in [-0.25, -0.2) is 0 Å². The first kappa shape index (κ1) is 17.3. The first-order valence-corrected chi connectivity index (χ1v) is 8.14. The fraction of sp³-hybridized carbons (Fsp3) is 0.333. The summed E-state index contributed by atoms with van der Waals surface area (Å²) in [6.45, 7) is 4.73. The summed E-state index contributed by atoms with van der Waals surface area (Å²) in [5.74, 6) is 0. The number of likely N-dealkylation sites (N-methyl/N-ethyl adjacent to an activating group) is 1. The maximum atomic E-state index is 10.6. The molecule has 4 heteroatoms. The van der Waals surface area contributed by atoms with E-state index in [1.54, 1.807) is 6.07 Å². The minimum absolute atomic E-state index is 0.464. The molecule has 0 radical (unpaired) electrons. The third-order valence-electron chi connectivity index (χ3n) is 3.99. The Kier molecular flexibility index (Phi) is 5.87. The van der Waals surface area contributed by atoms with Gasteiger partial charge in [-0.2, -0.15) is 0 Å². The van der Waals surface area contributed by atoms with Gasteiger partial charge in [0, 0.05) is 5.41 Å². The first-order valence-electron chi connectivity index (χ1n) is 7.38. The van der Waals surface area contributed by atoms with Crippen molar-refractivity contribution in [3.05, 3.63) is 69.7 Å². The molecule has 0 spiro atoms. The second-order valence-corrected chi connectivity index (χ2v) is 6.48. The number of aliphatic hydroxyl groups is 1. The molecular weight excluding hydrogens is 317 g/mol.